The predicted molar refractivity (Wildman–Crippen MR) is 66.9 cm³/mol. The Morgan fingerprint density at radius 2 is 2.00 bits per heavy atom. The molecule has 0 saturated heterocycles. The molecule has 1 aliphatic rings. The highest BCUT2D eigenvalue weighted by Crippen LogP contribution is 2.27. The molecule has 2 rings (SSSR count). The minimum atomic E-state index is 0.383. The Morgan fingerprint density at radius 3 is 2.62 bits per heavy atom. The van der Waals surface area contributed by atoms with Gasteiger partial charge in [0.05, 0.1) is 6.61 Å². The Hall–Kier alpha value is -0.730. The van der Waals surface area contributed by atoms with Crippen LogP contribution in [0.25, 0.3) is 0 Å². The lowest BCUT2D eigenvalue weighted by molar-refractivity contribution is 0.271. The first-order valence-electron chi connectivity index (χ1n) is 5.89. The summed E-state index contributed by atoms with van der Waals surface area (Å²) in [6.07, 6.45) is 4.76. The summed E-state index contributed by atoms with van der Waals surface area (Å²) >= 11 is 5.80. The normalized spacial score (nSPS) is 24.6. The molecule has 1 aliphatic carbocycles. The fourth-order valence-corrected chi connectivity index (χ4v) is 2.41. The summed E-state index contributed by atoms with van der Waals surface area (Å²) in [6.45, 7) is 0.750. The van der Waals surface area contributed by atoms with Gasteiger partial charge < -0.3 is 10.5 Å². The van der Waals surface area contributed by atoms with Crippen LogP contribution in [0.3, 0.4) is 0 Å². The number of halogens is 1. The van der Waals surface area contributed by atoms with E-state index in [0.717, 1.165) is 23.8 Å². The summed E-state index contributed by atoms with van der Waals surface area (Å²) < 4.78 is 5.66. The number of benzene rings is 1. The number of ether oxygens (including phenoxy) is 1. The van der Waals surface area contributed by atoms with E-state index in [2.05, 4.69) is 0 Å². The summed E-state index contributed by atoms with van der Waals surface area (Å²) in [5.41, 5.74) is 6.01. The first kappa shape index (κ1) is 11.7. The van der Waals surface area contributed by atoms with E-state index in [4.69, 9.17) is 22.1 Å². The summed E-state index contributed by atoms with van der Waals surface area (Å²) in [4.78, 5) is 0. The maximum Gasteiger partial charge on any atom is 0.119 e. The van der Waals surface area contributed by atoms with Crippen LogP contribution in [0.4, 0.5) is 0 Å². The molecule has 2 nitrogen and oxygen atoms in total. The van der Waals surface area contributed by atoms with Crippen molar-refractivity contribution in [3.63, 3.8) is 0 Å². The molecule has 3 heteroatoms. The van der Waals surface area contributed by atoms with Gasteiger partial charge in [0.2, 0.25) is 0 Å². The van der Waals surface area contributed by atoms with E-state index in [0.29, 0.717) is 12.0 Å². The summed E-state index contributed by atoms with van der Waals surface area (Å²) in [6, 6.07) is 7.87. The summed E-state index contributed by atoms with van der Waals surface area (Å²) in [5, 5.41) is 0.741. The SMILES string of the molecule is NC1CCCC1CCOc1ccc(Cl)cc1. The van der Waals surface area contributed by atoms with E-state index in [1.54, 1.807) is 0 Å². The second kappa shape index (κ2) is 5.55. The van der Waals surface area contributed by atoms with Crippen molar-refractivity contribution in [1.82, 2.24) is 0 Å². The molecule has 0 aliphatic heterocycles. The van der Waals surface area contributed by atoms with Crippen LogP contribution in [0.5, 0.6) is 5.75 Å². The zero-order valence-electron chi connectivity index (χ0n) is 9.36. The van der Waals surface area contributed by atoms with Crippen molar-refractivity contribution in [2.24, 2.45) is 11.7 Å². The van der Waals surface area contributed by atoms with Crippen molar-refractivity contribution < 1.29 is 4.74 Å². The Bertz CT molecular complexity index is 325. The maximum absolute atomic E-state index is 6.01. The second-order valence-corrected chi connectivity index (χ2v) is 4.88. The van der Waals surface area contributed by atoms with Gasteiger partial charge in [-0.25, -0.2) is 0 Å². The third-order valence-electron chi connectivity index (χ3n) is 3.29. The molecular formula is C13H18ClNO. The van der Waals surface area contributed by atoms with Gasteiger partial charge in [-0.3, -0.25) is 0 Å². The van der Waals surface area contributed by atoms with Crippen LogP contribution in [-0.2, 0) is 0 Å². The van der Waals surface area contributed by atoms with Crippen molar-refractivity contribution in [2.45, 2.75) is 31.7 Å². The van der Waals surface area contributed by atoms with Crippen molar-refractivity contribution >= 4 is 11.6 Å². The highest BCUT2D eigenvalue weighted by Gasteiger charge is 2.23. The highest BCUT2D eigenvalue weighted by molar-refractivity contribution is 6.30. The smallest absolute Gasteiger partial charge is 0.119 e. The minimum absolute atomic E-state index is 0.383. The van der Waals surface area contributed by atoms with Gasteiger partial charge in [0, 0.05) is 11.1 Å². The third-order valence-corrected chi connectivity index (χ3v) is 3.54. The molecule has 1 aromatic rings. The van der Waals surface area contributed by atoms with Crippen molar-refractivity contribution in [2.75, 3.05) is 6.61 Å². The molecule has 0 heterocycles. The van der Waals surface area contributed by atoms with Crippen LogP contribution in [0.1, 0.15) is 25.7 Å². The molecule has 2 atom stereocenters. The average Bonchev–Trinajstić information content (AvgIpc) is 2.68. The third kappa shape index (κ3) is 3.13. The van der Waals surface area contributed by atoms with Crippen molar-refractivity contribution in [3.05, 3.63) is 29.3 Å². The average molecular weight is 240 g/mol. The van der Waals surface area contributed by atoms with Gasteiger partial charge in [-0.05, 0) is 49.4 Å². The molecule has 0 bridgehead atoms. The molecular weight excluding hydrogens is 222 g/mol. The largest absolute Gasteiger partial charge is 0.494 e. The molecule has 1 saturated carbocycles. The molecule has 1 fully saturated rings. The van der Waals surface area contributed by atoms with Crippen LogP contribution in [-0.4, -0.2) is 12.6 Å². The second-order valence-electron chi connectivity index (χ2n) is 4.45. The lowest BCUT2D eigenvalue weighted by Gasteiger charge is -2.15. The highest BCUT2D eigenvalue weighted by atomic mass is 35.5. The lowest BCUT2D eigenvalue weighted by atomic mass is 10.0. The number of nitrogens with two attached hydrogens (primary N) is 1. The quantitative estimate of drug-likeness (QED) is 0.876. The summed E-state index contributed by atoms with van der Waals surface area (Å²) in [5.74, 6) is 1.53. The van der Waals surface area contributed by atoms with Gasteiger partial charge in [-0.15, -0.1) is 0 Å². The van der Waals surface area contributed by atoms with E-state index in [-0.39, 0.29) is 0 Å². The van der Waals surface area contributed by atoms with E-state index in [1.807, 2.05) is 24.3 Å². The molecule has 16 heavy (non-hydrogen) atoms. The summed E-state index contributed by atoms with van der Waals surface area (Å²) in [7, 11) is 0. The molecule has 1 aromatic carbocycles. The molecule has 0 amide bonds. The zero-order chi connectivity index (χ0) is 11.4. The van der Waals surface area contributed by atoms with Crippen molar-refractivity contribution in [1.29, 1.82) is 0 Å². The van der Waals surface area contributed by atoms with Gasteiger partial charge in [0.1, 0.15) is 5.75 Å². The molecule has 2 unspecified atom stereocenters. The Labute approximate surface area is 102 Å². The fourth-order valence-electron chi connectivity index (χ4n) is 2.28. The first-order valence-corrected chi connectivity index (χ1v) is 6.27. The van der Waals surface area contributed by atoms with E-state index in [9.17, 15) is 0 Å². The Balaban J connectivity index is 1.73. The van der Waals surface area contributed by atoms with E-state index >= 15 is 0 Å². The predicted octanol–water partition coefficient (Wildman–Crippen LogP) is 3.24. The molecule has 0 radical (unpaired) electrons. The first-order chi connectivity index (χ1) is 7.75. The minimum Gasteiger partial charge on any atom is -0.494 e. The van der Waals surface area contributed by atoms with Crippen LogP contribution >= 0.6 is 11.6 Å². The van der Waals surface area contributed by atoms with E-state index < -0.39 is 0 Å². The van der Waals surface area contributed by atoms with Gasteiger partial charge in [0.15, 0.2) is 0 Å². The van der Waals surface area contributed by atoms with Gasteiger partial charge in [-0.2, -0.15) is 0 Å². The number of hydrogen-bond acceptors (Lipinski definition) is 2. The molecule has 0 aromatic heterocycles. The maximum atomic E-state index is 6.01. The Kier molecular flexibility index (Phi) is 4.08. The van der Waals surface area contributed by atoms with Crippen LogP contribution < -0.4 is 10.5 Å². The topological polar surface area (TPSA) is 35.2 Å². The van der Waals surface area contributed by atoms with Gasteiger partial charge >= 0.3 is 0 Å². The van der Waals surface area contributed by atoms with Gasteiger partial charge in [0.25, 0.3) is 0 Å². The van der Waals surface area contributed by atoms with E-state index in [1.165, 1.54) is 19.3 Å². The fraction of sp³-hybridized carbons (Fsp3) is 0.538. The van der Waals surface area contributed by atoms with Crippen LogP contribution in [0.15, 0.2) is 24.3 Å². The Morgan fingerprint density at radius 1 is 1.25 bits per heavy atom. The molecule has 2 N–H and O–H groups in total. The van der Waals surface area contributed by atoms with Gasteiger partial charge in [-0.1, -0.05) is 18.0 Å². The van der Waals surface area contributed by atoms with Crippen LogP contribution in [0, 0.1) is 5.92 Å². The zero-order valence-corrected chi connectivity index (χ0v) is 10.1. The number of rotatable bonds is 4. The van der Waals surface area contributed by atoms with Crippen molar-refractivity contribution in [3.8, 4) is 5.75 Å². The monoisotopic (exact) mass is 239 g/mol. The standard InChI is InChI=1S/C13H18ClNO/c14-11-4-6-12(7-5-11)16-9-8-10-2-1-3-13(10)15/h4-7,10,13H,1-3,8-9,15H2. The number of hydrogen-bond donors (Lipinski definition) is 1. The molecule has 0 spiro atoms. The molecule has 88 valence electrons. The lowest BCUT2D eigenvalue weighted by Crippen LogP contribution is -2.25. The van der Waals surface area contributed by atoms with Crippen LogP contribution in [0.2, 0.25) is 5.02 Å².